The minimum Gasteiger partial charge on any atom is -0.496 e. The average molecular weight is 306 g/mol. The fraction of sp³-hybridized carbons (Fsp3) is 0.438. The second kappa shape index (κ2) is 7.00. The molecule has 21 heavy (non-hydrogen) atoms. The van der Waals surface area contributed by atoms with Crippen molar-refractivity contribution in [3.63, 3.8) is 0 Å². The van der Waals surface area contributed by atoms with Crippen LogP contribution in [0.25, 0.3) is 5.57 Å². The van der Waals surface area contributed by atoms with Crippen LogP contribution >= 0.6 is 11.8 Å². The predicted molar refractivity (Wildman–Crippen MR) is 87.3 cm³/mol. The molecular formula is C16H22N2O2S. The van der Waals surface area contributed by atoms with Gasteiger partial charge in [-0.1, -0.05) is 13.0 Å². The van der Waals surface area contributed by atoms with E-state index in [-0.39, 0.29) is 17.9 Å². The van der Waals surface area contributed by atoms with Crippen molar-refractivity contribution in [3.8, 4) is 5.75 Å². The third-order valence-electron chi connectivity index (χ3n) is 3.76. The minimum atomic E-state index is 0.0479. The molecule has 1 aliphatic rings. The van der Waals surface area contributed by atoms with Gasteiger partial charge in [0.2, 0.25) is 5.91 Å². The molecule has 0 spiro atoms. The van der Waals surface area contributed by atoms with Gasteiger partial charge in [-0.3, -0.25) is 10.2 Å². The molecule has 4 nitrogen and oxygen atoms in total. The molecule has 0 saturated carbocycles. The first-order valence-electron chi connectivity index (χ1n) is 7.00. The van der Waals surface area contributed by atoms with E-state index in [2.05, 4.69) is 49.0 Å². The van der Waals surface area contributed by atoms with Crippen molar-refractivity contribution >= 4 is 23.2 Å². The number of thioether (sulfide) groups is 1. The second-order valence-corrected chi connectivity index (χ2v) is 6.20. The molecule has 2 N–H and O–H groups in total. The van der Waals surface area contributed by atoms with Crippen LogP contribution in [0.2, 0.25) is 0 Å². The lowest BCUT2D eigenvalue weighted by molar-refractivity contribution is -0.125. The first-order chi connectivity index (χ1) is 10.0. The number of hydrazine groups is 1. The third kappa shape index (κ3) is 3.80. The topological polar surface area (TPSA) is 50.4 Å². The molecule has 0 aromatic heterocycles. The van der Waals surface area contributed by atoms with Gasteiger partial charge in [-0.15, -0.1) is 11.8 Å². The lowest BCUT2D eigenvalue weighted by Crippen LogP contribution is -2.52. The molecule has 0 aliphatic carbocycles. The molecule has 1 aliphatic heterocycles. The summed E-state index contributed by atoms with van der Waals surface area (Å²) < 4.78 is 5.50. The number of amides is 1. The van der Waals surface area contributed by atoms with Crippen LogP contribution in [0, 0.1) is 5.92 Å². The SMILES string of the molecule is COc1cc(SC)ccc1/C(C)=C/C1NNC(=O)CC1C. The number of benzene rings is 1. The van der Waals surface area contributed by atoms with E-state index in [0.29, 0.717) is 6.42 Å². The molecule has 2 unspecified atom stereocenters. The Bertz CT molecular complexity index is 557. The normalized spacial score (nSPS) is 22.9. The number of allylic oxidation sites excluding steroid dienone is 1. The van der Waals surface area contributed by atoms with Crippen LogP contribution in [0.5, 0.6) is 5.75 Å². The molecule has 1 aromatic rings. The van der Waals surface area contributed by atoms with Gasteiger partial charge in [0.1, 0.15) is 5.75 Å². The monoisotopic (exact) mass is 306 g/mol. The maximum Gasteiger partial charge on any atom is 0.234 e. The van der Waals surface area contributed by atoms with Crippen LogP contribution in [0.3, 0.4) is 0 Å². The molecule has 0 radical (unpaired) electrons. The Labute approximate surface area is 130 Å². The van der Waals surface area contributed by atoms with Crippen LogP contribution in [0.15, 0.2) is 29.2 Å². The molecule has 1 heterocycles. The molecule has 1 saturated heterocycles. The van der Waals surface area contributed by atoms with Crippen molar-refractivity contribution in [2.24, 2.45) is 5.92 Å². The fourth-order valence-electron chi connectivity index (χ4n) is 2.47. The summed E-state index contributed by atoms with van der Waals surface area (Å²) in [6.45, 7) is 4.15. The van der Waals surface area contributed by atoms with E-state index in [0.717, 1.165) is 16.9 Å². The Morgan fingerprint density at radius 1 is 1.48 bits per heavy atom. The maximum absolute atomic E-state index is 11.3. The molecule has 2 atom stereocenters. The van der Waals surface area contributed by atoms with Gasteiger partial charge in [0, 0.05) is 22.9 Å². The van der Waals surface area contributed by atoms with Gasteiger partial charge in [-0.25, -0.2) is 5.43 Å². The van der Waals surface area contributed by atoms with Crippen molar-refractivity contribution in [3.05, 3.63) is 29.8 Å². The van der Waals surface area contributed by atoms with Gasteiger partial charge in [0.15, 0.2) is 0 Å². The van der Waals surface area contributed by atoms with Crippen LogP contribution in [-0.4, -0.2) is 25.3 Å². The molecular weight excluding hydrogens is 284 g/mol. The van der Waals surface area contributed by atoms with Crippen molar-refractivity contribution in [1.29, 1.82) is 0 Å². The molecule has 1 amide bonds. The van der Waals surface area contributed by atoms with E-state index in [1.807, 2.05) is 6.26 Å². The maximum atomic E-state index is 11.3. The Morgan fingerprint density at radius 3 is 2.86 bits per heavy atom. The average Bonchev–Trinajstić information content (AvgIpc) is 2.49. The van der Waals surface area contributed by atoms with Crippen molar-refractivity contribution in [2.75, 3.05) is 13.4 Å². The zero-order valence-corrected chi connectivity index (χ0v) is 13.7. The Kier molecular flexibility index (Phi) is 5.31. The molecule has 0 bridgehead atoms. The van der Waals surface area contributed by atoms with Crippen LogP contribution in [0.4, 0.5) is 0 Å². The van der Waals surface area contributed by atoms with Crippen LogP contribution < -0.4 is 15.6 Å². The number of nitrogens with one attached hydrogen (secondary N) is 2. The zero-order chi connectivity index (χ0) is 15.4. The van der Waals surface area contributed by atoms with Crippen LogP contribution in [0.1, 0.15) is 25.8 Å². The quantitative estimate of drug-likeness (QED) is 0.840. The number of hydrogen-bond donors (Lipinski definition) is 2. The molecule has 5 heteroatoms. The van der Waals surface area contributed by atoms with E-state index in [1.54, 1.807) is 18.9 Å². The number of ether oxygens (including phenoxy) is 1. The largest absolute Gasteiger partial charge is 0.496 e. The summed E-state index contributed by atoms with van der Waals surface area (Å²) in [5.41, 5.74) is 7.98. The van der Waals surface area contributed by atoms with Crippen LogP contribution in [-0.2, 0) is 4.79 Å². The van der Waals surface area contributed by atoms with E-state index < -0.39 is 0 Å². The van der Waals surface area contributed by atoms with Crippen molar-refractivity contribution in [1.82, 2.24) is 10.9 Å². The highest BCUT2D eigenvalue weighted by atomic mass is 32.2. The highest BCUT2D eigenvalue weighted by Gasteiger charge is 2.24. The minimum absolute atomic E-state index is 0.0479. The molecule has 1 aromatic carbocycles. The zero-order valence-electron chi connectivity index (χ0n) is 12.9. The Balaban J connectivity index is 2.24. The number of methoxy groups -OCH3 is 1. The predicted octanol–water partition coefficient (Wildman–Crippen LogP) is 2.85. The van der Waals surface area contributed by atoms with E-state index in [9.17, 15) is 4.79 Å². The van der Waals surface area contributed by atoms with Gasteiger partial charge in [0.05, 0.1) is 7.11 Å². The first kappa shape index (κ1) is 15.9. The summed E-state index contributed by atoms with van der Waals surface area (Å²) in [6.07, 6.45) is 4.75. The number of rotatable bonds is 4. The van der Waals surface area contributed by atoms with E-state index in [4.69, 9.17) is 4.74 Å². The molecule has 2 rings (SSSR count). The second-order valence-electron chi connectivity index (χ2n) is 5.32. The van der Waals surface area contributed by atoms with Gasteiger partial charge in [-0.05, 0) is 42.9 Å². The highest BCUT2D eigenvalue weighted by Crippen LogP contribution is 2.31. The molecule has 1 fully saturated rings. The van der Waals surface area contributed by atoms with Gasteiger partial charge in [-0.2, -0.15) is 0 Å². The summed E-state index contributed by atoms with van der Waals surface area (Å²) in [7, 11) is 1.69. The van der Waals surface area contributed by atoms with E-state index in [1.165, 1.54) is 4.90 Å². The summed E-state index contributed by atoms with van der Waals surface area (Å²) in [6, 6.07) is 6.37. The van der Waals surface area contributed by atoms with Crippen molar-refractivity contribution in [2.45, 2.75) is 31.2 Å². The van der Waals surface area contributed by atoms with Gasteiger partial charge >= 0.3 is 0 Å². The van der Waals surface area contributed by atoms with E-state index >= 15 is 0 Å². The third-order valence-corrected chi connectivity index (χ3v) is 4.49. The summed E-state index contributed by atoms with van der Waals surface area (Å²) in [5.74, 6) is 1.19. The van der Waals surface area contributed by atoms with Gasteiger partial charge < -0.3 is 4.74 Å². The first-order valence-corrected chi connectivity index (χ1v) is 8.22. The number of carbonyl (C=O) groups is 1. The standard InChI is InChI=1S/C16H22N2O2S/c1-10(7-14-11(2)8-16(19)18-17-14)13-6-5-12(21-4)9-15(13)20-3/h5-7,9,11,14,17H,8H2,1-4H3,(H,18,19)/b10-7+. The summed E-state index contributed by atoms with van der Waals surface area (Å²) in [5, 5.41) is 0. The lowest BCUT2D eigenvalue weighted by atomic mass is 9.93. The lowest BCUT2D eigenvalue weighted by Gasteiger charge is -2.28. The highest BCUT2D eigenvalue weighted by molar-refractivity contribution is 7.98. The van der Waals surface area contributed by atoms with Gasteiger partial charge in [0.25, 0.3) is 0 Å². The fourth-order valence-corrected chi connectivity index (χ4v) is 2.89. The summed E-state index contributed by atoms with van der Waals surface area (Å²) >= 11 is 1.70. The Hall–Kier alpha value is -1.46. The number of carbonyl (C=O) groups excluding carboxylic acids is 1. The van der Waals surface area contributed by atoms with Crippen molar-refractivity contribution < 1.29 is 9.53 Å². The number of hydrogen-bond acceptors (Lipinski definition) is 4. The smallest absolute Gasteiger partial charge is 0.234 e. The Morgan fingerprint density at radius 2 is 2.24 bits per heavy atom. The summed E-state index contributed by atoms with van der Waals surface area (Å²) in [4.78, 5) is 12.5. The molecule has 114 valence electrons.